The van der Waals surface area contributed by atoms with Gasteiger partial charge in [0.1, 0.15) is 5.75 Å². The quantitative estimate of drug-likeness (QED) is 0.0749. The molecule has 0 aliphatic carbocycles. The summed E-state index contributed by atoms with van der Waals surface area (Å²) in [6.07, 6.45) is 2.44. The Morgan fingerprint density at radius 1 is 0.774 bits per heavy atom. The number of carbonyl (C=O) groups excluding carboxylic acids is 2. The van der Waals surface area contributed by atoms with Crippen molar-refractivity contribution >= 4 is 22.8 Å². The fourth-order valence-corrected chi connectivity index (χ4v) is 8.93. The lowest BCUT2D eigenvalue weighted by Crippen LogP contribution is -2.41. The summed E-state index contributed by atoms with van der Waals surface area (Å²) < 4.78 is 5.97. The number of phenols is 1. The molecule has 11 nitrogen and oxygen atoms in total. The molecule has 2 saturated heterocycles. The number of nitrogens with zero attached hydrogens (tertiary/aromatic N) is 2. The van der Waals surface area contributed by atoms with Gasteiger partial charge in [0.15, 0.2) is 0 Å². The van der Waals surface area contributed by atoms with Crippen molar-refractivity contribution in [3.8, 4) is 5.75 Å². The maximum absolute atomic E-state index is 14.0. The molecule has 1 aromatic heterocycles. The number of carbonyl (C=O) groups is 2. The first-order valence-corrected chi connectivity index (χ1v) is 21.6. The van der Waals surface area contributed by atoms with Crippen molar-refractivity contribution in [1.82, 2.24) is 20.1 Å². The van der Waals surface area contributed by atoms with E-state index < -0.39 is 17.7 Å². The molecular weight excluding hydrogens is 781 g/mol. The van der Waals surface area contributed by atoms with Crippen LogP contribution in [0.3, 0.4) is 0 Å². The van der Waals surface area contributed by atoms with Crippen molar-refractivity contribution in [2.24, 2.45) is 5.92 Å². The normalized spacial score (nSPS) is 16.8. The lowest BCUT2D eigenvalue weighted by Gasteiger charge is -2.34. The summed E-state index contributed by atoms with van der Waals surface area (Å²) in [5, 5.41) is 37.2. The summed E-state index contributed by atoms with van der Waals surface area (Å²) in [5.74, 6) is -0.401. The number of benzene rings is 5. The van der Waals surface area contributed by atoms with E-state index in [0.29, 0.717) is 47.3 Å². The minimum absolute atomic E-state index is 0.0348. The summed E-state index contributed by atoms with van der Waals surface area (Å²) in [6, 6.07) is 40.6. The van der Waals surface area contributed by atoms with Crippen molar-refractivity contribution in [1.29, 1.82) is 0 Å². The van der Waals surface area contributed by atoms with Gasteiger partial charge in [-0.1, -0.05) is 103 Å². The Kier molecular flexibility index (Phi) is 13.3. The third kappa shape index (κ3) is 9.66. The Hall–Kier alpha value is -6.11. The van der Waals surface area contributed by atoms with Gasteiger partial charge in [-0.2, -0.15) is 0 Å². The van der Waals surface area contributed by atoms with Crippen LogP contribution in [-0.2, 0) is 28.2 Å². The molecule has 6 aromatic rings. The number of phenolic OH excluding ortho intramolecular Hbond substituents is 1. The fourth-order valence-electron chi connectivity index (χ4n) is 8.93. The SMILES string of the molecule is O=C(c1ccc(CNCC(O)c2ccc(O)c3[nH]c(=O)ccc23)cc1)N1CCC(c2cccc(C(O)(C(=O)OCC3CCN(Cc4ccccc4)CC3)c3ccccc3)c2)CC1. The van der Waals surface area contributed by atoms with Crippen LogP contribution >= 0.6 is 0 Å². The van der Waals surface area contributed by atoms with Gasteiger partial charge in [0.05, 0.1) is 18.2 Å². The number of likely N-dealkylation sites (tertiary alicyclic amines) is 2. The van der Waals surface area contributed by atoms with E-state index in [1.54, 1.807) is 30.3 Å². The number of rotatable bonds is 14. The topological polar surface area (TPSA) is 155 Å². The highest BCUT2D eigenvalue weighted by Crippen LogP contribution is 2.36. The third-order valence-electron chi connectivity index (χ3n) is 12.6. The summed E-state index contributed by atoms with van der Waals surface area (Å²) in [7, 11) is 0. The van der Waals surface area contributed by atoms with Gasteiger partial charge >= 0.3 is 5.97 Å². The van der Waals surface area contributed by atoms with E-state index in [1.807, 2.05) is 71.6 Å². The van der Waals surface area contributed by atoms with Gasteiger partial charge < -0.3 is 35.3 Å². The Balaban J connectivity index is 0.844. The Labute approximate surface area is 361 Å². The summed E-state index contributed by atoms with van der Waals surface area (Å²) in [6.45, 7) is 4.88. The number of esters is 1. The predicted octanol–water partition coefficient (Wildman–Crippen LogP) is 6.77. The van der Waals surface area contributed by atoms with E-state index in [-0.39, 0.29) is 47.7 Å². The van der Waals surface area contributed by atoms with Crippen LogP contribution in [-0.4, -0.2) is 81.3 Å². The summed E-state index contributed by atoms with van der Waals surface area (Å²) >= 11 is 0. The molecule has 5 aromatic carbocycles. The molecule has 2 unspecified atom stereocenters. The number of ether oxygens (including phenoxy) is 1. The highest BCUT2D eigenvalue weighted by atomic mass is 16.5. The Bertz CT molecular complexity index is 2510. The van der Waals surface area contributed by atoms with Crippen LogP contribution in [0.15, 0.2) is 138 Å². The maximum atomic E-state index is 14.0. The zero-order valence-electron chi connectivity index (χ0n) is 34.8. The van der Waals surface area contributed by atoms with Gasteiger partial charge in [-0.3, -0.25) is 14.5 Å². The number of hydrogen-bond acceptors (Lipinski definition) is 9. The van der Waals surface area contributed by atoms with E-state index in [4.69, 9.17) is 4.74 Å². The second-order valence-corrected chi connectivity index (χ2v) is 16.7. The Morgan fingerprint density at radius 2 is 1.47 bits per heavy atom. The number of aromatic nitrogens is 1. The van der Waals surface area contributed by atoms with E-state index in [9.17, 15) is 29.7 Å². The smallest absolute Gasteiger partial charge is 0.347 e. The average Bonchev–Trinajstić information content (AvgIpc) is 3.32. The average molecular weight is 835 g/mol. The fraction of sp³-hybridized carbons (Fsp3) is 0.314. The number of hydrogen-bond donors (Lipinski definition) is 5. The first-order chi connectivity index (χ1) is 30.2. The minimum Gasteiger partial charge on any atom is -0.506 e. The standard InChI is InChI=1S/C51H54N4O7/c56-45-20-18-43(44-19-21-47(58)53-48(44)45)46(57)32-52-31-35-14-16-39(17-15-35)49(59)55-28-24-38(25-29-55)40-10-7-13-42(30-40)51(61,41-11-5-2-6-12-41)50(60)62-34-37-22-26-54(27-23-37)33-36-8-3-1-4-9-36/h1-21,30,37-38,46,52,56-57,61H,22-29,31-34H2,(H,53,58). The molecule has 2 fully saturated rings. The molecule has 5 N–H and O–H groups in total. The number of fused-ring (bicyclic) bond motifs is 1. The van der Waals surface area contributed by atoms with E-state index in [2.05, 4.69) is 39.5 Å². The van der Waals surface area contributed by atoms with Crippen LogP contribution in [0.5, 0.6) is 5.75 Å². The lowest BCUT2D eigenvalue weighted by atomic mass is 9.82. The monoisotopic (exact) mass is 834 g/mol. The molecule has 0 saturated carbocycles. The van der Waals surface area contributed by atoms with Crippen LogP contribution in [0.25, 0.3) is 10.9 Å². The molecule has 11 heteroatoms. The molecule has 1 amide bonds. The highest BCUT2D eigenvalue weighted by Gasteiger charge is 2.42. The molecule has 3 heterocycles. The maximum Gasteiger partial charge on any atom is 0.347 e. The van der Waals surface area contributed by atoms with Crippen molar-refractivity contribution in [3.05, 3.63) is 183 Å². The van der Waals surface area contributed by atoms with Crippen molar-refractivity contribution < 1.29 is 29.6 Å². The molecule has 2 aliphatic rings. The molecule has 2 atom stereocenters. The number of nitrogens with one attached hydrogen (secondary N) is 2. The molecule has 62 heavy (non-hydrogen) atoms. The van der Waals surface area contributed by atoms with Crippen molar-refractivity contribution in [3.63, 3.8) is 0 Å². The van der Waals surface area contributed by atoms with Crippen LogP contribution < -0.4 is 10.9 Å². The number of aliphatic hydroxyl groups excluding tert-OH is 1. The van der Waals surface area contributed by atoms with Crippen molar-refractivity contribution in [2.45, 2.75) is 56.4 Å². The second kappa shape index (κ2) is 19.3. The van der Waals surface area contributed by atoms with Gasteiger partial charge in [-0.15, -0.1) is 0 Å². The number of aliphatic hydroxyl groups is 2. The number of piperidine rings is 2. The van der Waals surface area contributed by atoms with Crippen LogP contribution in [0, 0.1) is 5.92 Å². The second-order valence-electron chi connectivity index (χ2n) is 16.7. The molecule has 8 rings (SSSR count). The number of pyridine rings is 1. The summed E-state index contributed by atoms with van der Waals surface area (Å²) in [5.41, 5.74) is 3.35. The lowest BCUT2D eigenvalue weighted by molar-refractivity contribution is -0.164. The minimum atomic E-state index is -1.98. The number of aromatic amines is 1. The molecule has 0 radical (unpaired) electrons. The molecule has 0 bridgehead atoms. The van der Waals surface area contributed by atoms with E-state index in [0.717, 1.165) is 56.4 Å². The number of amides is 1. The molecule has 0 spiro atoms. The van der Waals surface area contributed by atoms with Crippen molar-refractivity contribution in [2.75, 3.05) is 39.3 Å². The van der Waals surface area contributed by atoms with E-state index >= 15 is 0 Å². The van der Waals surface area contributed by atoms with Gasteiger partial charge in [0.2, 0.25) is 11.2 Å². The predicted molar refractivity (Wildman–Crippen MR) is 239 cm³/mol. The summed E-state index contributed by atoms with van der Waals surface area (Å²) in [4.78, 5) is 46.3. The zero-order chi connectivity index (χ0) is 43.1. The molecule has 2 aliphatic heterocycles. The Morgan fingerprint density at radius 3 is 2.19 bits per heavy atom. The highest BCUT2D eigenvalue weighted by molar-refractivity contribution is 5.94. The number of aromatic hydroxyl groups is 1. The van der Waals surface area contributed by atoms with Gasteiger partial charge in [0, 0.05) is 49.7 Å². The van der Waals surface area contributed by atoms with Crippen LogP contribution in [0.4, 0.5) is 0 Å². The van der Waals surface area contributed by atoms with E-state index in [1.165, 1.54) is 17.7 Å². The molecule has 320 valence electrons. The zero-order valence-corrected chi connectivity index (χ0v) is 34.8. The number of H-pyrrole nitrogens is 1. The van der Waals surface area contributed by atoms with Gasteiger partial charge in [-0.25, -0.2) is 4.79 Å². The van der Waals surface area contributed by atoms with Gasteiger partial charge in [-0.05, 0) is 108 Å². The first kappa shape index (κ1) is 42.6. The largest absolute Gasteiger partial charge is 0.506 e. The van der Waals surface area contributed by atoms with Crippen LogP contribution in [0.2, 0.25) is 0 Å². The molecular formula is C51H54N4O7. The third-order valence-corrected chi connectivity index (χ3v) is 12.6. The van der Waals surface area contributed by atoms with Gasteiger partial charge in [0.25, 0.3) is 5.91 Å². The first-order valence-electron chi connectivity index (χ1n) is 21.6. The van der Waals surface area contributed by atoms with Crippen LogP contribution in [0.1, 0.15) is 81.4 Å².